The van der Waals surface area contributed by atoms with Crippen molar-refractivity contribution in [3.63, 3.8) is 0 Å². The van der Waals surface area contributed by atoms with Gasteiger partial charge in [-0.25, -0.2) is 13.8 Å². The largest absolute Gasteiger partial charge is 0.453 e. The lowest BCUT2D eigenvalue weighted by Crippen LogP contribution is -2.41. The molecule has 1 aliphatic carbocycles. The third-order valence-corrected chi connectivity index (χ3v) is 6.16. The molecule has 0 saturated heterocycles. The Balaban J connectivity index is 1.52. The fraction of sp³-hybridized carbons (Fsp3) is 0.200. The van der Waals surface area contributed by atoms with Crippen LogP contribution in [0.3, 0.4) is 0 Å². The molecular formula is C25H21F2N5O4. The molecule has 1 fully saturated rings. The van der Waals surface area contributed by atoms with Crippen molar-refractivity contribution in [2.24, 2.45) is 11.1 Å². The molecule has 0 atom stereocenters. The number of ether oxygens (including phenoxy) is 1. The average molecular weight is 493 g/mol. The van der Waals surface area contributed by atoms with Gasteiger partial charge in [0, 0.05) is 31.0 Å². The van der Waals surface area contributed by atoms with Gasteiger partial charge in [-0.05, 0) is 55.3 Å². The van der Waals surface area contributed by atoms with Gasteiger partial charge < -0.3 is 15.6 Å². The quantitative estimate of drug-likeness (QED) is 0.322. The van der Waals surface area contributed by atoms with Crippen LogP contribution in [-0.4, -0.2) is 38.7 Å². The molecule has 0 bridgehead atoms. The number of carbonyl (C=O) groups is 2. The number of rotatable bonds is 8. The number of H-pyrrole nitrogens is 1. The zero-order valence-corrected chi connectivity index (χ0v) is 18.9. The molecule has 0 unspecified atom stereocenters. The highest BCUT2D eigenvalue weighted by molar-refractivity contribution is 6.16. The molecule has 0 spiro atoms. The van der Waals surface area contributed by atoms with Gasteiger partial charge in [-0.2, -0.15) is 5.10 Å². The summed E-state index contributed by atoms with van der Waals surface area (Å²) in [6.45, 7) is -0.141. The van der Waals surface area contributed by atoms with Gasteiger partial charge in [-0.3, -0.25) is 19.6 Å². The van der Waals surface area contributed by atoms with E-state index in [-0.39, 0.29) is 48.7 Å². The fourth-order valence-corrected chi connectivity index (χ4v) is 4.06. The number of fused-ring (bicyclic) bond motifs is 1. The van der Waals surface area contributed by atoms with E-state index in [1.807, 2.05) is 0 Å². The predicted molar refractivity (Wildman–Crippen MR) is 126 cm³/mol. The molecule has 5 rings (SSSR count). The lowest BCUT2D eigenvalue weighted by molar-refractivity contribution is -0.133. The van der Waals surface area contributed by atoms with Crippen LogP contribution in [0.2, 0.25) is 0 Å². The number of hydrogen-bond donors (Lipinski definition) is 3. The average Bonchev–Trinajstić information content (AvgIpc) is 3.58. The molecule has 0 aliphatic heterocycles. The lowest BCUT2D eigenvalue weighted by atomic mass is 10.0. The highest BCUT2D eigenvalue weighted by Crippen LogP contribution is 2.49. The summed E-state index contributed by atoms with van der Waals surface area (Å²) in [5, 5.41) is 16.7. The van der Waals surface area contributed by atoms with E-state index in [4.69, 9.17) is 10.5 Å². The van der Waals surface area contributed by atoms with Gasteiger partial charge in [-0.15, -0.1) is 0 Å². The number of benzene rings is 2. The summed E-state index contributed by atoms with van der Waals surface area (Å²) in [5.74, 6) is -2.53. The second-order valence-corrected chi connectivity index (χ2v) is 8.46. The minimum atomic E-state index is -1.38. The summed E-state index contributed by atoms with van der Waals surface area (Å²) in [5.41, 5.74) is 5.42. The number of hydrogen-bond acceptors (Lipinski definition) is 6. The maximum Gasteiger partial charge on any atom is 0.247 e. The molecular weight excluding hydrogens is 472 g/mol. The van der Waals surface area contributed by atoms with E-state index in [1.54, 1.807) is 6.07 Å². The Bertz CT molecular complexity index is 1470. The Morgan fingerprint density at radius 1 is 1.08 bits per heavy atom. The molecule has 184 valence electrons. The number of anilines is 2. The number of aliphatic hydroxyl groups is 1. The third kappa shape index (κ3) is 4.03. The van der Waals surface area contributed by atoms with Crippen LogP contribution in [-0.2, 0) is 16.0 Å². The number of aromatic nitrogens is 3. The van der Waals surface area contributed by atoms with Gasteiger partial charge in [0.05, 0.1) is 16.8 Å². The van der Waals surface area contributed by atoms with Crippen LogP contribution in [0.15, 0.2) is 54.7 Å². The van der Waals surface area contributed by atoms with Gasteiger partial charge >= 0.3 is 0 Å². The lowest BCUT2D eigenvalue weighted by Gasteiger charge is -2.26. The van der Waals surface area contributed by atoms with Crippen LogP contribution in [0.25, 0.3) is 11.0 Å². The van der Waals surface area contributed by atoms with Gasteiger partial charge in [0.2, 0.25) is 11.8 Å². The summed E-state index contributed by atoms with van der Waals surface area (Å²) in [7, 11) is 0. The second kappa shape index (κ2) is 9.00. The number of halogens is 2. The van der Waals surface area contributed by atoms with Crippen molar-refractivity contribution in [3.05, 3.63) is 72.1 Å². The monoisotopic (exact) mass is 493 g/mol. The number of nitrogens with zero attached hydrogens (tertiary/aromatic N) is 3. The van der Waals surface area contributed by atoms with Crippen molar-refractivity contribution in [2.75, 3.05) is 11.5 Å². The van der Waals surface area contributed by atoms with Crippen LogP contribution in [0.5, 0.6) is 11.5 Å². The second-order valence-electron chi connectivity index (χ2n) is 8.46. The first-order valence-corrected chi connectivity index (χ1v) is 11.1. The molecule has 11 heteroatoms. The summed E-state index contributed by atoms with van der Waals surface area (Å²) in [6.07, 6.45) is 2.28. The molecule has 1 aliphatic rings. The van der Waals surface area contributed by atoms with Crippen molar-refractivity contribution < 1.29 is 28.2 Å². The Morgan fingerprint density at radius 2 is 1.81 bits per heavy atom. The highest BCUT2D eigenvalue weighted by atomic mass is 19.1. The highest BCUT2D eigenvalue weighted by Gasteiger charge is 2.57. The summed E-state index contributed by atoms with van der Waals surface area (Å²) in [6, 6.07) is 10.5. The Hall–Kier alpha value is -4.38. The van der Waals surface area contributed by atoms with Crippen molar-refractivity contribution in [1.29, 1.82) is 0 Å². The maximum absolute atomic E-state index is 15.3. The maximum atomic E-state index is 15.3. The van der Waals surface area contributed by atoms with E-state index < -0.39 is 28.9 Å². The SMILES string of the molecule is NC(=O)C1(C(=O)N(c2ccc(F)cc2)c2ccc(Oc3ccnc4[nH]nc(CCO)c34)c(F)c2)CC1. The van der Waals surface area contributed by atoms with Crippen LogP contribution in [0, 0.1) is 17.0 Å². The molecule has 4 aromatic rings. The molecule has 9 nitrogen and oxygen atoms in total. The minimum absolute atomic E-state index is 0.119. The van der Waals surface area contributed by atoms with Crippen molar-refractivity contribution in [2.45, 2.75) is 19.3 Å². The number of nitrogens with one attached hydrogen (secondary N) is 1. The summed E-state index contributed by atoms with van der Waals surface area (Å²) in [4.78, 5) is 30.7. The van der Waals surface area contributed by atoms with E-state index in [9.17, 15) is 19.1 Å². The number of nitrogens with two attached hydrogens (primary N) is 1. The van der Waals surface area contributed by atoms with Gasteiger partial charge in [-0.1, -0.05) is 0 Å². The Kier molecular flexibility index (Phi) is 5.84. The number of carbonyl (C=O) groups excluding carboxylic acids is 2. The van der Waals surface area contributed by atoms with Crippen LogP contribution in [0.1, 0.15) is 18.5 Å². The molecule has 4 N–H and O–H groups in total. The topological polar surface area (TPSA) is 134 Å². The standard InChI is InChI=1S/C25H21F2N5O4/c26-14-1-3-15(4-2-14)32(24(35)25(9-10-25)23(28)34)16-5-6-19(17(27)13-16)36-20-7-11-29-22-21(20)18(8-12-33)30-31-22/h1-7,11,13,33H,8-10,12H2,(H2,28,34)(H,29,30,31). The van der Waals surface area contributed by atoms with Crippen molar-refractivity contribution in [3.8, 4) is 11.5 Å². The molecule has 1 saturated carbocycles. The molecule has 2 aromatic carbocycles. The fourth-order valence-electron chi connectivity index (χ4n) is 4.06. The molecule has 2 heterocycles. The van der Waals surface area contributed by atoms with Gasteiger partial charge in [0.25, 0.3) is 0 Å². The van der Waals surface area contributed by atoms with E-state index in [0.29, 0.717) is 16.7 Å². The van der Waals surface area contributed by atoms with E-state index in [2.05, 4.69) is 15.2 Å². The van der Waals surface area contributed by atoms with Crippen LogP contribution in [0.4, 0.5) is 20.2 Å². The molecule has 36 heavy (non-hydrogen) atoms. The van der Waals surface area contributed by atoms with E-state index in [0.717, 1.165) is 23.1 Å². The smallest absolute Gasteiger partial charge is 0.247 e. The van der Waals surface area contributed by atoms with Crippen molar-refractivity contribution >= 4 is 34.2 Å². The predicted octanol–water partition coefficient (Wildman–Crippen LogP) is 3.49. The van der Waals surface area contributed by atoms with Gasteiger partial charge in [0.1, 0.15) is 17.0 Å². The first-order chi connectivity index (χ1) is 17.3. The first-order valence-electron chi connectivity index (χ1n) is 11.1. The number of aliphatic hydroxyl groups excluding tert-OH is 1. The minimum Gasteiger partial charge on any atom is -0.453 e. The van der Waals surface area contributed by atoms with Crippen LogP contribution >= 0.6 is 0 Å². The number of primary amides is 1. The Labute approximate surface area is 203 Å². The van der Waals surface area contributed by atoms with Gasteiger partial charge in [0.15, 0.2) is 17.2 Å². The molecule has 2 amide bonds. The van der Waals surface area contributed by atoms with Crippen LogP contribution < -0.4 is 15.4 Å². The summed E-state index contributed by atoms with van der Waals surface area (Å²) >= 11 is 0. The van der Waals surface area contributed by atoms with E-state index >= 15 is 4.39 Å². The number of amides is 2. The van der Waals surface area contributed by atoms with Crippen molar-refractivity contribution in [1.82, 2.24) is 15.2 Å². The zero-order valence-electron chi connectivity index (χ0n) is 18.9. The number of pyridine rings is 1. The molecule has 0 radical (unpaired) electrons. The normalized spacial score (nSPS) is 14.0. The number of aromatic amines is 1. The first kappa shape index (κ1) is 23.4. The zero-order chi connectivity index (χ0) is 25.4. The summed E-state index contributed by atoms with van der Waals surface area (Å²) < 4.78 is 34.6. The third-order valence-electron chi connectivity index (χ3n) is 6.16. The Morgan fingerprint density at radius 3 is 2.44 bits per heavy atom. The molecule has 2 aromatic heterocycles. The van der Waals surface area contributed by atoms with E-state index in [1.165, 1.54) is 30.5 Å².